The van der Waals surface area contributed by atoms with Gasteiger partial charge in [-0.05, 0) is 60.2 Å². The van der Waals surface area contributed by atoms with Crippen LogP contribution in [0.2, 0.25) is 5.02 Å². The third-order valence-corrected chi connectivity index (χ3v) is 6.89. The first kappa shape index (κ1) is 28.1. The molecule has 13 heteroatoms. The summed E-state index contributed by atoms with van der Waals surface area (Å²) in [5.74, 6) is 0.576. The number of benzene rings is 2. The SMILES string of the molecule is CCOC(=O)/C(=N/OC)c1nnnn1CC[C@H]1O[C@H](c2cccc(OC)c2OC)c2cc(Cl)ccc2-n2cccc21. The van der Waals surface area contributed by atoms with Crippen LogP contribution in [-0.2, 0) is 25.7 Å². The molecule has 1 aliphatic rings. The van der Waals surface area contributed by atoms with Crippen molar-refractivity contribution in [1.29, 1.82) is 0 Å². The van der Waals surface area contributed by atoms with Crippen LogP contribution in [0.5, 0.6) is 11.5 Å². The van der Waals surface area contributed by atoms with Gasteiger partial charge in [-0.1, -0.05) is 28.9 Å². The smallest absolute Gasteiger partial charge is 0.364 e. The van der Waals surface area contributed by atoms with Gasteiger partial charge in [-0.2, -0.15) is 0 Å². The predicted octanol–water partition coefficient (Wildman–Crippen LogP) is 4.30. The van der Waals surface area contributed by atoms with Crippen molar-refractivity contribution < 1.29 is 28.6 Å². The summed E-state index contributed by atoms with van der Waals surface area (Å²) >= 11 is 6.50. The molecule has 1 aliphatic heterocycles. The number of nitrogens with zero attached hydrogens (tertiary/aromatic N) is 6. The fraction of sp³-hybridized carbons (Fsp3) is 0.321. The number of hydrogen-bond donors (Lipinski definition) is 0. The lowest BCUT2D eigenvalue weighted by atomic mass is 9.98. The number of carbonyl (C=O) groups excluding carboxylic acids is 1. The summed E-state index contributed by atoms with van der Waals surface area (Å²) in [6.07, 6.45) is 1.43. The standard InChI is InChI=1S/C28H29ClN6O6/c1-5-40-28(36)24(31-39-4)27-30-32-33-35(27)15-13-22-21-9-7-14-34(21)20-12-11-17(29)16-19(20)25(41-22)18-8-6-10-23(37-2)26(18)38-3/h6-12,14,16,22,25H,5,13,15H2,1-4H3/b31-24+/t22-,25-/m1/s1. The van der Waals surface area contributed by atoms with Crippen molar-refractivity contribution in [2.45, 2.75) is 32.1 Å². The van der Waals surface area contributed by atoms with Gasteiger partial charge in [-0.3, -0.25) is 0 Å². The Morgan fingerprint density at radius 3 is 2.71 bits per heavy atom. The number of rotatable bonds is 10. The number of carbonyl (C=O) groups is 1. The van der Waals surface area contributed by atoms with Crippen LogP contribution in [0, 0.1) is 0 Å². The molecule has 0 amide bonds. The quantitative estimate of drug-likeness (QED) is 0.153. The number of fused-ring (bicyclic) bond motifs is 3. The minimum atomic E-state index is -0.692. The van der Waals surface area contributed by atoms with E-state index in [-0.39, 0.29) is 18.1 Å². The topological polar surface area (TPSA) is 124 Å². The van der Waals surface area contributed by atoms with E-state index in [0.717, 1.165) is 22.5 Å². The van der Waals surface area contributed by atoms with Crippen molar-refractivity contribution in [3.8, 4) is 17.2 Å². The lowest BCUT2D eigenvalue weighted by molar-refractivity contribution is -0.135. The van der Waals surface area contributed by atoms with Gasteiger partial charge < -0.3 is 28.4 Å². The van der Waals surface area contributed by atoms with E-state index in [0.29, 0.717) is 29.5 Å². The zero-order valence-corrected chi connectivity index (χ0v) is 23.7. The summed E-state index contributed by atoms with van der Waals surface area (Å²) < 4.78 is 26.9. The second-order valence-corrected chi connectivity index (χ2v) is 9.39. The molecule has 0 N–H and O–H groups in total. The van der Waals surface area contributed by atoms with Crippen molar-refractivity contribution >= 4 is 23.3 Å². The highest BCUT2D eigenvalue weighted by molar-refractivity contribution is 6.42. The lowest BCUT2D eigenvalue weighted by Crippen LogP contribution is -2.24. The van der Waals surface area contributed by atoms with E-state index in [1.807, 2.05) is 54.7 Å². The average molecular weight is 581 g/mol. The van der Waals surface area contributed by atoms with Gasteiger partial charge in [-0.25, -0.2) is 9.48 Å². The number of hydrogen-bond acceptors (Lipinski definition) is 10. The molecule has 0 saturated heterocycles. The molecule has 0 fully saturated rings. The molecule has 0 bridgehead atoms. The normalized spacial score (nSPS) is 16.4. The van der Waals surface area contributed by atoms with Crippen LogP contribution in [-0.4, -0.2) is 64.4 Å². The van der Waals surface area contributed by atoms with Crippen LogP contribution in [0.25, 0.3) is 5.69 Å². The molecule has 0 saturated carbocycles. The maximum Gasteiger partial charge on any atom is 0.364 e. The first-order chi connectivity index (χ1) is 20.0. The summed E-state index contributed by atoms with van der Waals surface area (Å²) in [4.78, 5) is 17.4. The maximum atomic E-state index is 12.5. The highest BCUT2D eigenvalue weighted by Gasteiger charge is 2.33. The van der Waals surface area contributed by atoms with E-state index < -0.39 is 18.2 Å². The van der Waals surface area contributed by atoms with E-state index in [9.17, 15) is 4.79 Å². The minimum Gasteiger partial charge on any atom is -0.493 e. The minimum absolute atomic E-state index is 0.121. The summed E-state index contributed by atoms with van der Waals surface area (Å²) in [6.45, 7) is 2.15. The molecular formula is C28H29ClN6O6. The predicted molar refractivity (Wildman–Crippen MR) is 149 cm³/mol. The summed E-state index contributed by atoms with van der Waals surface area (Å²) in [7, 11) is 4.52. The van der Waals surface area contributed by atoms with Crippen LogP contribution in [0.1, 0.15) is 48.2 Å². The summed E-state index contributed by atoms with van der Waals surface area (Å²) in [5, 5.41) is 16.2. The molecule has 12 nitrogen and oxygen atoms in total. The third-order valence-electron chi connectivity index (χ3n) is 6.66. The first-order valence-electron chi connectivity index (χ1n) is 12.9. The van der Waals surface area contributed by atoms with E-state index in [1.54, 1.807) is 21.1 Å². The first-order valence-corrected chi connectivity index (χ1v) is 13.3. The van der Waals surface area contributed by atoms with Crippen LogP contribution >= 0.6 is 11.6 Å². The Bertz CT molecular complexity index is 1570. The van der Waals surface area contributed by atoms with Gasteiger partial charge >= 0.3 is 5.97 Å². The number of ether oxygens (including phenoxy) is 4. The fourth-order valence-electron chi connectivity index (χ4n) is 4.94. The van der Waals surface area contributed by atoms with Crippen LogP contribution in [0.3, 0.4) is 0 Å². The molecule has 4 aromatic rings. The van der Waals surface area contributed by atoms with E-state index in [4.69, 9.17) is 35.4 Å². The van der Waals surface area contributed by atoms with Crippen LogP contribution in [0.15, 0.2) is 59.9 Å². The number of aryl methyl sites for hydroxylation is 1. The summed E-state index contributed by atoms with van der Waals surface area (Å²) in [5.41, 5.74) is 3.36. The number of methoxy groups -OCH3 is 2. The second kappa shape index (κ2) is 12.4. The molecule has 41 heavy (non-hydrogen) atoms. The van der Waals surface area contributed by atoms with Gasteiger partial charge in [0.2, 0.25) is 11.5 Å². The number of oxime groups is 1. The zero-order chi connectivity index (χ0) is 28.9. The van der Waals surface area contributed by atoms with Gasteiger partial charge in [0, 0.05) is 28.9 Å². The summed E-state index contributed by atoms with van der Waals surface area (Å²) in [6, 6.07) is 15.4. The Morgan fingerprint density at radius 2 is 1.95 bits per heavy atom. The van der Waals surface area contributed by atoms with Gasteiger partial charge in [0.1, 0.15) is 19.3 Å². The largest absolute Gasteiger partial charge is 0.493 e. The van der Waals surface area contributed by atoms with Gasteiger partial charge in [-0.15, -0.1) is 5.10 Å². The molecule has 0 spiro atoms. The Kier molecular flexibility index (Phi) is 8.50. The number of para-hydroxylation sites is 1. The number of halogens is 1. The number of tetrazole rings is 1. The molecule has 3 heterocycles. The van der Waals surface area contributed by atoms with Crippen molar-refractivity contribution in [3.05, 3.63) is 82.4 Å². The molecular weight excluding hydrogens is 552 g/mol. The highest BCUT2D eigenvalue weighted by Crippen LogP contribution is 2.46. The van der Waals surface area contributed by atoms with E-state index in [2.05, 4.69) is 25.2 Å². The van der Waals surface area contributed by atoms with Gasteiger partial charge in [0.15, 0.2) is 11.5 Å². The van der Waals surface area contributed by atoms with Crippen LogP contribution in [0.4, 0.5) is 0 Å². The average Bonchev–Trinajstić information content (AvgIpc) is 3.63. The molecule has 0 radical (unpaired) electrons. The van der Waals surface area contributed by atoms with E-state index >= 15 is 0 Å². The molecule has 2 aromatic carbocycles. The highest BCUT2D eigenvalue weighted by atomic mass is 35.5. The van der Waals surface area contributed by atoms with Gasteiger partial charge in [0.25, 0.3) is 0 Å². The van der Waals surface area contributed by atoms with Crippen LogP contribution < -0.4 is 9.47 Å². The number of aromatic nitrogens is 5. The zero-order valence-electron chi connectivity index (χ0n) is 23.0. The Balaban J connectivity index is 1.55. The molecule has 2 aromatic heterocycles. The second-order valence-electron chi connectivity index (χ2n) is 8.95. The third kappa shape index (κ3) is 5.48. The van der Waals surface area contributed by atoms with Crippen molar-refractivity contribution in [2.75, 3.05) is 27.9 Å². The van der Waals surface area contributed by atoms with E-state index in [1.165, 1.54) is 11.8 Å². The van der Waals surface area contributed by atoms with Crippen molar-refractivity contribution in [1.82, 2.24) is 24.8 Å². The maximum absolute atomic E-state index is 12.5. The van der Waals surface area contributed by atoms with Crippen molar-refractivity contribution in [3.63, 3.8) is 0 Å². The molecule has 0 aliphatic carbocycles. The Morgan fingerprint density at radius 1 is 1.10 bits per heavy atom. The van der Waals surface area contributed by atoms with Crippen molar-refractivity contribution in [2.24, 2.45) is 5.16 Å². The lowest BCUT2D eigenvalue weighted by Gasteiger charge is -2.25. The molecule has 2 atom stereocenters. The molecule has 214 valence electrons. The molecule has 0 unspecified atom stereocenters. The number of esters is 1. The molecule has 5 rings (SSSR count). The monoisotopic (exact) mass is 580 g/mol. The Hall–Kier alpha value is -4.42. The fourth-order valence-corrected chi connectivity index (χ4v) is 5.12. The Labute approximate surface area is 241 Å². The van der Waals surface area contributed by atoms with Gasteiger partial charge in [0.05, 0.1) is 32.2 Å².